The Kier molecular flexibility index (Phi) is 6.51. The first-order valence-corrected chi connectivity index (χ1v) is 8.95. The Morgan fingerprint density at radius 1 is 0.962 bits per heavy atom. The normalized spacial score (nSPS) is 11.2. The first-order chi connectivity index (χ1) is 12.3. The zero-order chi connectivity index (χ0) is 19.2. The molecule has 0 aliphatic carbocycles. The van der Waals surface area contributed by atoms with Crippen molar-refractivity contribution in [1.82, 2.24) is 0 Å². The molecule has 0 amide bonds. The van der Waals surface area contributed by atoms with Crippen LogP contribution in [0.5, 0.6) is 11.5 Å². The number of benzene rings is 2. The van der Waals surface area contributed by atoms with Crippen LogP contribution in [0.25, 0.3) is 0 Å². The summed E-state index contributed by atoms with van der Waals surface area (Å²) in [4.78, 5) is 11.3. The SMILES string of the molecule is COc1ccc(OCCOC(=O)c2ccc(S(=O)(=O)C(F)F)cc2)cc1. The standard InChI is InChI=1S/C17H16F2O6S/c1-23-13-4-6-14(7-5-13)24-10-11-25-16(20)12-2-8-15(9-3-12)26(21,22)17(18)19/h2-9,17H,10-11H2,1H3. The second-order valence-electron chi connectivity index (χ2n) is 4.99. The Labute approximate surface area is 149 Å². The van der Waals surface area contributed by atoms with E-state index < -0.39 is 26.5 Å². The van der Waals surface area contributed by atoms with Crippen LogP contribution in [0, 0.1) is 0 Å². The van der Waals surface area contributed by atoms with E-state index in [0.717, 1.165) is 24.3 Å². The Balaban J connectivity index is 1.84. The fourth-order valence-corrected chi connectivity index (χ4v) is 2.65. The van der Waals surface area contributed by atoms with Gasteiger partial charge in [-0.1, -0.05) is 0 Å². The summed E-state index contributed by atoms with van der Waals surface area (Å²) in [5, 5.41) is 0. The number of ether oxygens (including phenoxy) is 3. The average Bonchev–Trinajstić information content (AvgIpc) is 2.65. The van der Waals surface area contributed by atoms with Gasteiger partial charge in [0, 0.05) is 0 Å². The number of methoxy groups -OCH3 is 1. The molecule has 0 N–H and O–H groups in total. The van der Waals surface area contributed by atoms with Crippen LogP contribution in [0.3, 0.4) is 0 Å². The predicted molar refractivity (Wildman–Crippen MR) is 88.4 cm³/mol. The van der Waals surface area contributed by atoms with Crippen LogP contribution in [-0.4, -0.2) is 40.5 Å². The minimum absolute atomic E-state index is 0.0397. The summed E-state index contributed by atoms with van der Waals surface area (Å²) in [6.45, 7) is 0.0673. The van der Waals surface area contributed by atoms with Crippen molar-refractivity contribution < 1.29 is 36.2 Å². The first kappa shape index (κ1) is 19.6. The molecular formula is C17H16F2O6S. The van der Waals surface area contributed by atoms with Crippen molar-refractivity contribution in [2.24, 2.45) is 0 Å². The third kappa shape index (κ3) is 4.92. The van der Waals surface area contributed by atoms with Crippen LogP contribution >= 0.6 is 0 Å². The van der Waals surface area contributed by atoms with E-state index in [1.807, 2.05) is 0 Å². The molecule has 0 spiro atoms. The molecule has 0 atom stereocenters. The third-order valence-corrected chi connectivity index (χ3v) is 4.70. The molecule has 9 heteroatoms. The van der Waals surface area contributed by atoms with Gasteiger partial charge in [-0.2, -0.15) is 8.78 Å². The van der Waals surface area contributed by atoms with Gasteiger partial charge in [0.1, 0.15) is 24.7 Å². The lowest BCUT2D eigenvalue weighted by Crippen LogP contribution is -2.14. The molecule has 2 aromatic carbocycles. The van der Waals surface area contributed by atoms with E-state index in [0.29, 0.717) is 11.5 Å². The van der Waals surface area contributed by atoms with Crippen LogP contribution in [-0.2, 0) is 14.6 Å². The van der Waals surface area contributed by atoms with E-state index in [1.54, 1.807) is 31.4 Å². The van der Waals surface area contributed by atoms with E-state index in [1.165, 1.54) is 0 Å². The first-order valence-electron chi connectivity index (χ1n) is 7.40. The van der Waals surface area contributed by atoms with Gasteiger partial charge in [-0.05, 0) is 48.5 Å². The molecule has 0 saturated heterocycles. The Morgan fingerprint density at radius 3 is 2.08 bits per heavy atom. The molecule has 2 rings (SSSR count). The number of rotatable bonds is 8. The van der Waals surface area contributed by atoms with Crippen molar-refractivity contribution in [3.05, 3.63) is 54.1 Å². The number of halogens is 2. The number of hydrogen-bond acceptors (Lipinski definition) is 6. The number of carbonyl (C=O) groups is 1. The lowest BCUT2D eigenvalue weighted by molar-refractivity contribution is 0.0450. The number of alkyl halides is 2. The minimum Gasteiger partial charge on any atom is -0.497 e. The number of carbonyl (C=O) groups excluding carboxylic acids is 1. The van der Waals surface area contributed by atoms with Crippen LogP contribution < -0.4 is 9.47 Å². The van der Waals surface area contributed by atoms with Gasteiger partial charge < -0.3 is 14.2 Å². The van der Waals surface area contributed by atoms with Crippen molar-refractivity contribution >= 4 is 15.8 Å². The second kappa shape index (κ2) is 8.61. The molecule has 6 nitrogen and oxygen atoms in total. The summed E-state index contributed by atoms with van der Waals surface area (Å²) >= 11 is 0. The Hall–Kier alpha value is -2.68. The Morgan fingerprint density at radius 2 is 1.54 bits per heavy atom. The van der Waals surface area contributed by atoms with E-state index >= 15 is 0 Å². The Bertz CT molecular complexity index is 833. The van der Waals surface area contributed by atoms with Gasteiger partial charge in [0.15, 0.2) is 0 Å². The molecule has 0 radical (unpaired) electrons. The largest absolute Gasteiger partial charge is 0.497 e. The number of esters is 1. The van der Waals surface area contributed by atoms with E-state index in [2.05, 4.69) is 0 Å². The van der Waals surface area contributed by atoms with E-state index in [9.17, 15) is 22.0 Å². The molecule has 0 aromatic heterocycles. The zero-order valence-corrected chi connectivity index (χ0v) is 14.5. The van der Waals surface area contributed by atoms with Crippen molar-refractivity contribution in [1.29, 1.82) is 0 Å². The van der Waals surface area contributed by atoms with Gasteiger partial charge >= 0.3 is 11.7 Å². The molecular weight excluding hydrogens is 370 g/mol. The monoisotopic (exact) mass is 386 g/mol. The molecule has 26 heavy (non-hydrogen) atoms. The van der Waals surface area contributed by atoms with Gasteiger partial charge in [0.25, 0.3) is 0 Å². The predicted octanol–water partition coefficient (Wildman–Crippen LogP) is 2.93. The van der Waals surface area contributed by atoms with Gasteiger partial charge in [-0.25, -0.2) is 13.2 Å². The highest BCUT2D eigenvalue weighted by molar-refractivity contribution is 7.91. The molecule has 0 aliphatic rings. The van der Waals surface area contributed by atoms with Gasteiger partial charge in [-0.15, -0.1) is 0 Å². The van der Waals surface area contributed by atoms with Crippen molar-refractivity contribution in [2.75, 3.05) is 20.3 Å². The smallest absolute Gasteiger partial charge is 0.341 e. The second-order valence-corrected chi connectivity index (χ2v) is 6.91. The van der Waals surface area contributed by atoms with Crippen molar-refractivity contribution in [2.45, 2.75) is 10.7 Å². The summed E-state index contributed by atoms with van der Waals surface area (Å²) < 4.78 is 62.9. The molecule has 0 unspecified atom stereocenters. The maximum Gasteiger partial charge on any atom is 0.341 e. The van der Waals surface area contributed by atoms with Crippen molar-refractivity contribution in [3.8, 4) is 11.5 Å². The molecule has 2 aromatic rings. The molecule has 0 heterocycles. The summed E-state index contributed by atoms with van der Waals surface area (Å²) in [6, 6.07) is 10.9. The fourth-order valence-electron chi connectivity index (χ4n) is 1.93. The van der Waals surface area contributed by atoms with Gasteiger partial charge in [0.2, 0.25) is 9.84 Å². The lowest BCUT2D eigenvalue weighted by Gasteiger charge is -2.08. The highest BCUT2D eigenvalue weighted by Crippen LogP contribution is 2.19. The quantitative estimate of drug-likeness (QED) is 0.513. The third-order valence-electron chi connectivity index (χ3n) is 3.30. The molecule has 140 valence electrons. The summed E-state index contributed by atoms with van der Waals surface area (Å²) in [5.41, 5.74) is 0.0441. The summed E-state index contributed by atoms with van der Waals surface area (Å²) in [7, 11) is -3.14. The number of sulfone groups is 1. The molecule has 0 aliphatic heterocycles. The highest BCUT2D eigenvalue weighted by atomic mass is 32.2. The van der Waals surface area contributed by atoms with Crippen molar-refractivity contribution in [3.63, 3.8) is 0 Å². The van der Waals surface area contributed by atoms with Crippen LogP contribution in [0.1, 0.15) is 10.4 Å². The lowest BCUT2D eigenvalue weighted by atomic mass is 10.2. The van der Waals surface area contributed by atoms with Crippen LogP contribution in [0.2, 0.25) is 0 Å². The van der Waals surface area contributed by atoms with E-state index in [-0.39, 0.29) is 18.8 Å². The fraction of sp³-hybridized carbons (Fsp3) is 0.235. The van der Waals surface area contributed by atoms with E-state index in [4.69, 9.17) is 14.2 Å². The highest BCUT2D eigenvalue weighted by Gasteiger charge is 2.26. The van der Waals surface area contributed by atoms with Gasteiger partial charge in [0.05, 0.1) is 17.6 Å². The van der Waals surface area contributed by atoms with Crippen LogP contribution in [0.4, 0.5) is 8.78 Å². The van der Waals surface area contributed by atoms with Crippen LogP contribution in [0.15, 0.2) is 53.4 Å². The molecule has 0 bridgehead atoms. The molecule has 0 fully saturated rings. The average molecular weight is 386 g/mol. The summed E-state index contributed by atoms with van der Waals surface area (Å²) in [5.74, 6) is -2.98. The summed E-state index contributed by atoms with van der Waals surface area (Å²) in [6.07, 6.45) is 0. The van der Waals surface area contributed by atoms with Gasteiger partial charge in [-0.3, -0.25) is 0 Å². The zero-order valence-electron chi connectivity index (χ0n) is 13.7. The minimum atomic E-state index is -4.69. The molecule has 0 saturated carbocycles. The maximum atomic E-state index is 12.4. The maximum absolute atomic E-state index is 12.4. The number of hydrogen-bond donors (Lipinski definition) is 0. The topological polar surface area (TPSA) is 78.9 Å².